The van der Waals surface area contributed by atoms with E-state index in [-0.39, 0.29) is 12.0 Å². The van der Waals surface area contributed by atoms with Crippen molar-refractivity contribution >= 4 is 5.97 Å². The van der Waals surface area contributed by atoms with Gasteiger partial charge in [0.25, 0.3) is 0 Å². The first kappa shape index (κ1) is 12.4. The quantitative estimate of drug-likeness (QED) is 0.716. The Balaban J connectivity index is 4.02. The summed E-state index contributed by atoms with van der Waals surface area (Å²) in [6, 6.07) is 0. The average Bonchev–Trinajstić information content (AvgIpc) is 1.95. The van der Waals surface area contributed by atoms with E-state index >= 15 is 0 Å². The van der Waals surface area contributed by atoms with Gasteiger partial charge in [-0.15, -0.1) is 0 Å². The van der Waals surface area contributed by atoms with Crippen LogP contribution in [0.4, 0.5) is 4.39 Å². The Labute approximate surface area is 78.5 Å². The van der Waals surface area contributed by atoms with Crippen LogP contribution in [0.25, 0.3) is 0 Å². The van der Waals surface area contributed by atoms with Crippen molar-refractivity contribution in [2.75, 3.05) is 19.8 Å². The van der Waals surface area contributed by atoms with Gasteiger partial charge in [0.05, 0.1) is 6.42 Å². The van der Waals surface area contributed by atoms with Crippen LogP contribution < -0.4 is 0 Å². The Morgan fingerprint density at radius 1 is 1.38 bits per heavy atom. The maximum atomic E-state index is 12.1. The first-order chi connectivity index (χ1) is 5.88. The molecule has 13 heavy (non-hydrogen) atoms. The molecule has 0 aromatic rings. The Kier molecular flexibility index (Phi) is 4.91. The van der Waals surface area contributed by atoms with E-state index in [1.807, 2.05) is 25.7 Å². The molecule has 0 unspecified atom stereocenters. The van der Waals surface area contributed by atoms with Crippen LogP contribution in [0.1, 0.15) is 27.2 Å². The van der Waals surface area contributed by atoms with Crippen LogP contribution in [-0.4, -0.2) is 41.3 Å². The summed E-state index contributed by atoms with van der Waals surface area (Å²) >= 11 is 0. The highest BCUT2D eigenvalue weighted by atomic mass is 19.1. The SMILES string of the molecule is CC(C)(C)N(CCF)CCC(=O)O. The van der Waals surface area contributed by atoms with Crippen LogP contribution in [0.5, 0.6) is 0 Å². The molecule has 0 rings (SSSR count). The molecule has 1 N–H and O–H groups in total. The van der Waals surface area contributed by atoms with Crippen molar-refractivity contribution < 1.29 is 14.3 Å². The lowest BCUT2D eigenvalue weighted by Gasteiger charge is -2.34. The molecule has 0 saturated carbocycles. The normalized spacial score (nSPS) is 12.1. The van der Waals surface area contributed by atoms with Crippen molar-refractivity contribution in [1.82, 2.24) is 4.90 Å². The van der Waals surface area contributed by atoms with Gasteiger partial charge in [0.1, 0.15) is 6.67 Å². The molecule has 3 nitrogen and oxygen atoms in total. The monoisotopic (exact) mass is 191 g/mol. The number of carboxylic acids is 1. The summed E-state index contributed by atoms with van der Waals surface area (Å²) in [7, 11) is 0. The van der Waals surface area contributed by atoms with E-state index in [4.69, 9.17) is 5.11 Å². The third kappa shape index (κ3) is 5.58. The van der Waals surface area contributed by atoms with Gasteiger partial charge in [0.2, 0.25) is 0 Å². The zero-order valence-corrected chi connectivity index (χ0v) is 8.51. The van der Waals surface area contributed by atoms with Gasteiger partial charge in [-0.1, -0.05) is 0 Å². The fourth-order valence-corrected chi connectivity index (χ4v) is 1.12. The van der Waals surface area contributed by atoms with Crippen molar-refractivity contribution in [3.63, 3.8) is 0 Å². The van der Waals surface area contributed by atoms with E-state index in [1.54, 1.807) is 0 Å². The third-order valence-electron chi connectivity index (χ3n) is 1.90. The van der Waals surface area contributed by atoms with Crippen molar-refractivity contribution in [3.8, 4) is 0 Å². The molecule has 0 spiro atoms. The first-order valence-electron chi connectivity index (χ1n) is 4.40. The van der Waals surface area contributed by atoms with Gasteiger partial charge in [-0.05, 0) is 20.8 Å². The molecule has 0 aliphatic carbocycles. The standard InChI is InChI=1S/C9H18FNO2/c1-9(2,3)11(7-5-10)6-4-8(12)13/h4-7H2,1-3H3,(H,12,13). The zero-order chi connectivity index (χ0) is 10.5. The molecule has 0 fully saturated rings. The van der Waals surface area contributed by atoms with Crippen molar-refractivity contribution in [1.29, 1.82) is 0 Å². The van der Waals surface area contributed by atoms with Crippen LogP contribution in [0.15, 0.2) is 0 Å². The summed E-state index contributed by atoms with van der Waals surface area (Å²) in [4.78, 5) is 12.1. The van der Waals surface area contributed by atoms with Gasteiger partial charge in [-0.2, -0.15) is 0 Å². The summed E-state index contributed by atoms with van der Waals surface area (Å²) in [5.74, 6) is -0.840. The topological polar surface area (TPSA) is 40.5 Å². The average molecular weight is 191 g/mol. The molecule has 0 bridgehead atoms. The van der Waals surface area contributed by atoms with Gasteiger partial charge in [0.15, 0.2) is 0 Å². The predicted molar refractivity (Wildman–Crippen MR) is 49.6 cm³/mol. The van der Waals surface area contributed by atoms with Gasteiger partial charge >= 0.3 is 5.97 Å². The molecule has 0 saturated heterocycles. The molecule has 0 radical (unpaired) electrons. The second kappa shape index (κ2) is 5.17. The number of hydrogen-bond acceptors (Lipinski definition) is 2. The summed E-state index contributed by atoms with van der Waals surface area (Å²) in [6.07, 6.45) is 0.0667. The second-order valence-corrected chi connectivity index (χ2v) is 3.99. The van der Waals surface area contributed by atoms with Gasteiger partial charge < -0.3 is 5.11 Å². The van der Waals surface area contributed by atoms with Crippen molar-refractivity contribution in [2.24, 2.45) is 0 Å². The molecule has 0 aromatic heterocycles. The predicted octanol–water partition coefficient (Wildman–Crippen LogP) is 1.53. The minimum absolute atomic E-state index is 0.0667. The number of rotatable bonds is 5. The number of hydrogen-bond donors (Lipinski definition) is 1. The van der Waals surface area contributed by atoms with E-state index in [0.717, 1.165) is 0 Å². The van der Waals surface area contributed by atoms with Crippen LogP contribution in [0.3, 0.4) is 0 Å². The highest BCUT2D eigenvalue weighted by Gasteiger charge is 2.20. The lowest BCUT2D eigenvalue weighted by molar-refractivity contribution is -0.137. The molecule has 78 valence electrons. The molecule has 0 atom stereocenters. The van der Waals surface area contributed by atoms with Gasteiger partial charge in [-0.3, -0.25) is 9.69 Å². The first-order valence-corrected chi connectivity index (χ1v) is 4.40. The smallest absolute Gasteiger partial charge is 0.304 e. The molecular formula is C9H18FNO2. The van der Waals surface area contributed by atoms with Gasteiger partial charge in [-0.25, -0.2) is 4.39 Å². The van der Waals surface area contributed by atoms with Crippen molar-refractivity contribution in [3.05, 3.63) is 0 Å². The van der Waals surface area contributed by atoms with Crippen LogP contribution in [0.2, 0.25) is 0 Å². The van der Waals surface area contributed by atoms with Crippen LogP contribution in [0, 0.1) is 0 Å². The summed E-state index contributed by atoms with van der Waals surface area (Å²) in [5.41, 5.74) is -0.165. The van der Waals surface area contributed by atoms with E-state index < -0.39 is 12.6 Å². The van der Waals surface area contributed by atoms with E-state index in [1.165, 1.54) is 0 Å². The Morgan fingerprint density at radius 2 is 1.92 bits per heavy atom. The minimum Gasteiger partial charge on any atom is -0.481 e. The van der Waals surface area contributed by atoms with Crippen LogP contribution >= 0.6 is 0 Å². The lowest BCUT2D eigenvalue weighted by atomic mass is 10.1. The highest BCUT2D eigenvalue weighted by molar-refractivity contribution is 5.66. The molecule has 4 heteroatoms. The molecule has 0 aliphatic rings. The van der Waals surface area contributed by atoms with Crippen LogP contribution in [-0.2, 0) is 4.79 Å². The molecule has 0 aliphatic heterocycles. The number of halogens is 1. The number of aliphatic carboxylic acids is 1. The van der Waals surface area contributed by atoms with E-state index in [2.05, 4.69) is 0 Å². The van der Waals surface area contributed by atoms with E-state index in [9.17, 15) is 9.18 Å². The molecule has 0 heterocycles. The Morgan fingerprint density at radius 3 is 2.23 bits per heavy atom. The highest BCUT2D eigenvalue weighted by Crippen LogP contribution is 2.12. The number of alkyl halides is 1. The summed E-state index contributed by atoms with van der Waals surface area (Å²) in [6.45, 7) is 6.12. The number of carboxylic acid groups (broad SMARTS) is 1. The summed E-state index contributed by atoms with van der Waals surface area (Å²) < 4.78 is 12.1. The second-order valence-electron chi connectivity index (χ2n) is 3.99. The number of nitrogens with zero attached hydrogens (tertiary/aromatic N) is 1. The Hall–Kier alpha value is -0.640. The van der Waals surface area contributed by atoms with Gasteiger partial charge in [0, 0.05) is 18.6 Å². The molecule has 0 aromatic carbocycles. The fourth-order valence-electron chi connectivity index (χ4n) is 1.12. The molecular weight excluding hydrogens is 173 g/mol. The Bertz CT molecular complexity index is 165. The maximum absolute atomic E-state index is 12.1. The summed E-state index contributed by atoms with van der Waals surface area (Å²) in [5, 5.41) is 8.48. The van der Waals surface area contributed by atoms with E-state index in [0.29, 0.717) is 13.1 Å². The van der Waals surface area contributed by atoms with Crippen molar-refractivity contribution in [2.45, 2.75) is 32.7 Å². The third-order valence-corrected chi connectivity index (χ3v) is 1.90. The fraction of sp³-hybridized carbons (Fsp3) is 0.889. The molecule has 0 amide bonds. The number of carbonyl (C=O) groups is 1. The lowest BCUT2D eigenvalue weighted by Crippen LogP contribution is -2.43. The zero-order valence-electron chi connectivity index (χ0n) is 8.51. The maximum Gasteiger partial charge on any atom is 0.304 e. The minimum atomic E-state index is -0.840. The largest absolute Gasteiger partial charge is 0.481 e.